The molecule has 1 aromatic heterocycles. The van der Waals surface area contributed by atoms with Crippen LogP contribution in [-0.2, 0) is 4.79 Å². The van der Waals surface area contributed by atoms with Gasteiger partial charge < -0.3 is 20.1 Å². The van der Waals surface area contributed by atoms with Crippen LogP contribution in [0.4, 0.5) is 11.5 Å². The van der Waals surface area contributed by atoms with Crippen LogP contribution >= 0.6 is 0 Å². The zero-order valence-corrected chi connectivity index (χ0v) is 19.9. The average molecular weight is 460 g/mol. The topological polar surface area (TPSA) is 111 Å². The number of hydrogen-bond donors (Lipinski definition) is 2. The molecule has 1 atom stereocenters. The highest BCUT2D eigenvalue weighted by Gasteiger charge is 2.27. The second-order valence-electron chi connectivity index (χ2n) is 8.76. The van der Waals surface area contributed by atoms with Crippen molar-refractivity contribution in [2.75, 3.05) is 30.4 Å². The van der Waals surface area contributed by atoms with E-state index in [1.54, 1.807) is 7.11 Å². The summed E-state index contributed by atoms with van der Waals surface area (Å²) in [5, 5.41) is 23.1. The van der Waals surface area contributed by atoms with Crippen LogP contribution in [0.25, 0.3) is 10.9 Å². The molecule has 2 heterocycles. The Morgan fingerprint density at radius 2 is 2.00 bits per heavy atom. The number of aryl methyl sites for hydroxylation is 1. The average Bonchev–Trinajstić information content (AvgIpc) is 2.83. The Morgan fingerprint density at radius 3 is 2.65 bits per heavy atom. The number of fused-ring (bicyclic) bond motifs is 1. The molecule has 0 spiro atoms. The summed E-state index contributed by atoms with van der Waals surface area (Å²) in [6.45, 7) is 7.15. The van der Waals surface area contributed by atoms with E-state index in [0.29, 0.717) is 48.9 Å². The highest BCUT2D eigenvalue weighted by Crippen LogP contribution is 2.37. The van der Waals surface area contributed by atoms with Gasteiger partial charge in [0.25, 0.3) is 0 Å². The number of carboxylic acid groups (broad SMARTS) is 1. The molecular formula is C26H29N5O3. The number of anilines is 2. The number of piperidine rings is 1. The number of methoxy groups -OCH3 is 1. The fraction of sp³-hybridized carbons (Fsp3) is 0.385. The van der Waals surface area contributed by atoms with Crippen LogP contribution in [0.2, 0.25) is 0 Å². The minimum absolute atomic E-state index is 0.0809. The molecule has 1 aliphatic rings. The van der Waals surface area contributed by atoms with Crippen LogP contribution in [0.15, 0.2) is 30.3 Å². The van der Waals surface area contributed by atoms with Gasteiger partial charge in [-0.1, -0.05) is 12.1 Å². The number of nitrogens with zero attached hydrogens (tertiary/aromatic N) is 4. The first-order valence-corrected chi connectivity index (χ1v) is 11.4. The second kappa shape index (κ2) is 9.56. The number of aromatic nitrogens is 2. The van der Waals surface area contributed by atoms with E-state index in [2.05, 4.69) is 21.3 Å². The van der Waals surface area contributed by atoms with E-state index in [-0.39, 0.29) is 12.0 Å². The van der Waals surface area contributed by atoms with Crippen molar-refractivity contribution in [3.63, 3.8) is 0 Å². The quantitative estimate of drug-likeness (QED) is 0.550. The van der Waals surface area contributed by atoms with Gasteiger partial charge in [-0.05, 0) is 56.9 Å². The van der Waals surface area contributed by atoms with Crippen molar-refractivity contribution in [3.05, 3.63) is 52.8 Å². The fourth-order valence-electron chi connectivity index (χ4n) is 4.68. The third-order valence-corrected chi connectivity index (χ3v) is 6.61. The molecule has 0 radical (unpaired) electrons. The summed E-state index contributed by atoms with van der Waals surface area (Å²) < 4.78 is 5.68. The Kier molecular flexibility index (Phi) is 6.55. The first-order valence-electron chi connectivity index (χ1n) is 11.4. The fourth-order valence-corrected chi connectivity index (χ4v) is 4.68. The summed E-state index contributed by atoms with van der Waals surface area (Å²) in [6.07, 6.45) is 1.19. The molecule has 8 nitrogen and oxygen atoms in total. The van der Waals surface area contributed by atoms with Gasteiger partial charge in [-0.3, -0.25) is 4.79 Å². The van der Waals surface area contributed by atoms with Crippen molar-refractivity contribution in [2.24, 2.45) is 5.92 Å². The first-order chi connectivity index (χ1) is 16.3. The molecule has 1 fully saturated rings. The molecule has 176 valence electrons. The lowest BCUT2D eigenvalue weighted by Gasteiger charge is -2.33. The van der Waals surface area contributed by atoms with Crippen LogP contribution in [0.5, 0.6) is 5.75 Å². The molecule has 2 aromatic carbocycles. The van der Waals surface area contributed by atoms with Crippen molar-refractivity contribution in [1.82, 2.24) is 9.97 Å². The number of rotatable bonds is 6. The maximum Gasteiger partial charge on any atom is 0.306 e. The lowest BCUT2D eigenvalue weighted by Crippen LogP contribution is -2.36. The number of carbonyl (C=O) groups is 1. The summed E-state index contributed by atoms with van der Waals surface area (Å²) in [5.41, 5.74) is 4.32. The molecule has 0 amide bonds. The van der Waals surface area contributed by atoms with Crippen molar-refractivity contribution in [1.29, 1.82) is 5.26 Å². The van der Waals surface area contributed by atoms with Crippen LogP contribution in [0.1, 0.15) is 48.3 Å². The van der Waals surface area contributed by atoms with Crippen molar-refractivity contribution >= 4 is 28.4 Å². The second-order valence-corrected chi connectivity index (χ2v) is 8.76. The van der Waals surface area contributed by atoms with Gasteiger partial charge in [-0.15, -0.1) is 0 Å². The van der Waals surface area contributed by atoms with E-state index in [1.165, 1.54) is 0 Å². The van der Waals surface area contributed by atoms with Crippen LogP contribution in [0.3, 0.4) is 0 Å². The molecule has 1 aliphatic heterocycles. The number of hydrogen-bond acceptors (Lipinski definition) is 7. The Bertz CT molecular complexity index is 1280. The maximum atomic E-state index is 11.4. The third-order valence-electron chi connectivity index (χ3n) is 6.61. The van der Waals surface area contributed by atoms with Crippen LogP contribution < -0.4 is 15.0 Å². The van der Waals surface area contributed by atoms with Gasteiger partial charge in [-0.2, -0.15) is 5.26 Å². The van der Waals surface area contributed by atoms with E-state index in [9.17, 15) is 15.2 Å². The van der Waals surface area contributed by atoms with E-state index in [4.69, 9.17) is 9.72 Å². The summed E-state index contributed by atoms with van der Waals surface area (Å²) in [6, 6.07) is 11.9. The summed E-state index contributed by atoms with van der Waals surface area (Å²) in [7, 11) is 1.63. The van der Waals surface area contributed by atoms with Gasteiger partial charge >= 0.3 is 5.97 Å². The van der Waals surface area contributed by atoms with E-state index >= 15 is 0 Å². The Balaban J connectivity index is 1.72. The summed E-state index contributed by atoms with van der Waals surface area (Å²) in [4.78, 5) is 22.9. The molecule has 0 aliphatic carbocycles. The maximum absolute atomic E-state index is 11.4. The van der Waals surface area contributed by atoms with E-state index < -0.39 is 5.97 Å². The zero-order valence-electron chi connectivity index (χ0n) is 19.9. The highest BCUT2D eigenvalue weighted by atomic mass is 16.5. The molecule has 4 rings (SSSR count). The molecular weight excluding hydrogens is 430 g/mol. The largest absolute Gasteiger partial charge is 0.495 e. The molecule has 1 unspecified atom stereocenters. The van der Waals surface area contributed by atoms with E-state index in [1.807, 2.05) is 51.1 Å². The van der Waals surface area contributed by atoms with E-state index in [0.717, 1.165) is 27.7 Å². The smallest absolute Gasteiger partial charge is 0.306 e. The minimum atomic E-state index is -0.731. The predicted molar refractivity (Wildman–Crippen MR) is 131 cm³/mol. The lowest BCUT2D eigenvalue weighted by atomic mass is 9.96. The van der Waals surface area contributed by atoms with Gasteiger partial charge in [-0.25, -0.2) is 9.97 Å². The third kappa shape index (κ3) is 4.46. The molecule has 0 saturated carbocycles. The number of aliphatic carboxylic acids is 1. The normalized spacial score (nSPS) is 15.1. The molecule has 34 heavy (non-hydrogen) atoms. The van der Waals surface area contributed by atoms with Crippen LogP contribution in [0, 0.1) is 31.1 Å². The van der Waals surface area contributed by atoms with Gasteiger partial charge in [0.05, 0.1) is 41.9 Å². The number of carboxylic acids is 1. The van der Waals surface area contributed by atoms with Crippen molar-refractivity contribution < 1.29 is 14.6 Å². The van der Waals surface area contributed by atoms with Gasteiger partial charge in [0, 0.05) is 24.5 Å². The molecule has 2 N–H and O–H groups in total. The van der Waals surface area contributed by atoms with Crippen LogP contribution in [-0.4, -0.2) is 41.2 Å². The molecule has 3 aromatic rings. The molecule has 0 bridgehead atoms. The number of nitrogens with one attached hydrogen (secondary N) is 1. The van der Waals surface area contributed by atoms with Gasteiger partial charge in [0.15, 0.2) is 0 Å². The standard InChI is InChI=1S/C26H29N5O3/c1-15-19(14-27)6-5-7-20(15)16(2)28-25-21-12-23(31-10-8-18(9-11-31)26(32)33)24(34-4)13-22(21)29-17(3)30-25/h5-7,12-13,16,18H,8-11H2,1-4H3,(H,32,33)(H,28,29,30). The monoisotopic (exact) mass is 459 g/mol. The summed E-state index contributed by atoms with van der Waals surface area (Å²) >= 11 is 0. The molecule has 1 saturated heterocycles. The Labute approximate surface area is 199 Å². The summed E-state index contributed by atoms with van der Waals surface area (Å²) in [5.74, 6) is 1.02. The minimum Gasteiger partial charge on any atom is -0.495 e. The van der Waals surface area contributed by atoms with Crippen molar-refractivity contribution in [3.8, 4) is 11.8 Å². The number of nitriles is 1. The Morgan fingerprint density at radius 1 is 1.26 bits per heavy atom. The lowest BCUT2D eigenvalue weighted by molar-refractivity contribution is -0.142. The number of ether oxygens (including phenoxy) is 1. The zero-order chi connectivity index (χ0) is 24.4. The SMILES string of the molecule is COc1cc2nc(C)nc(NC(C)c3cccc(C#N)c3C)c2cc1N1CCC(C(=O)O)CC1. The first kappa shape index (κ1) is 23.3. The highest BCUT2D eigenvalue weighted by molar-refractivity contribution is 5.94. The predicted octanol–water partition coefficient (Wildman–Crippen LogP) is 4.60. The molecule has 8 heteroatoms. The van der Waals surface area contributed by atoms with Gasteiger partial charge in [0.1, 0.15) is 17.4 Å². The van der Waals surface area contributed by atoms with Gasteiger partial charge in [0.2, 0.25) is 0 Å². The number of benzene rings is 2. The Hall–Kier alpha value is -3.86. The van der Waals surface area contributed by atoms with Crippen molar-refractivity contribution in [2.45, 2.75) is 39.7 Å².